The minimum atomic E-state index is -4.03. The standard InChI is InChI=1S/C15H15N3O6S/c1-8-7-12(20)18(15(22)13(8)14(16)21)10-3-5-11(6-4-10)25(23,24)17-9(2)19/h3-7,20H,1-2H3,(H2,16,21)(H,17,19). The van der Waals surface area contributed by atoms with Gasteiger partial charge in [0.1, 0.15) is 5.56 Å². The monoisotopic (exact) mass is 365 g/mol. The van der Waals surface area contributed by atoms with Crippen LogP contribution in [0.25, 0.3) is 5.69 Å². The number of primary amides is 1. The second kappa shape index (κ2) is 6.40. The summed E-state index contributed by atoms with van der Waals surface area (Å²) in [7, 11) is -4.03. The molecule has 0 fully saturated rings. The van der Waals surface area contributed by atoms with Crippen LogP contribution in [0.15, 0.2) is 40.0 Å². The molecular formula is C15H15N3O6S. The third-order valence-electron chi connectivity index (χ3n) is 3.32. The molecular weight excluding hydrogens is 350 g/mol. The second-order valence-corrected chi connectivity index (χ2v) is 6.90. The lowest BCUT2D eigenvalue weighted by Gasteiger charge is -2.12. The first-order valence-corrected chi connectivity index (χ1v) is 8.42. The Bertz CT molecular complexity index is 1020. The third-order valence-corrected chi connectivity index (χ3v) is 4.76. The zero-order valence-electron chi connectivity index (χ0n) is 13.3. The molecule has 2 amide bonds. The van der Waals surface area contributed by atoms with E-state index >= 15 is 0 Å². The average molecular weight is 365 g/mol. The van der Waals surface area contributed by atoms with Gasteiger partial charge in [-0.15, -0.1) is 0 Å². The van der Waals surface area contributed by atoms with Crippen LogP contribution in [0.3, 0.4) is 0 Å². The number of pyridine rings is 1. The summed E-state index contributed by atoms with van der Waals surface area (Å²) in [5.41, 5.74) is 4.41. The van der Waals surface area contributed by atoms with Gasteiger partial charge in [-0.3, -0.25) is 14.4 Å². The van der Waals surface area contributed by atoms with E-state index in [0.29, 0.717) is 0 Å². The fourth-order valence-electron chi connectivity index (χ4n) is 2.29. The lowest BCUT2D eigenvalue weighted by molar-refractivity contribution is -0.117. The lowest BCUT2D eigenvalue weighted by atomic mass is 10.1. The highest BCUT2D eigenvalue weighted by Gasteiger charge is 2.19. The molecule has 1 aromatic carbocycles. The fraction of sp³-hybridized carbons (Fsp3) is 0.133. The van der Waals surface area contributed by atoms with Crippen LogP contribution in [0, 0.1) is 6.92 Å². The van der Waals surface area contributed by atoms with E-state index in [1.54, 1.807) is 4.72 Å². The predicted octanol–water partition coefficient (Wildman–Crippen LogP) is -0.225. The number of hydrogen-bond donors (Lipinski definition) is 3. The van der Waals surface area contributed by atoms with Gasteiger partial charge in [-0.1, -0.05) is 0 Å². The highest BCUT2D eigenvalue weighted by atomic mass is 32.2. The molecule has 10 heteroatoms. The molecule has 0 atom stereocenters. The Morgan fingerprint density at radius 3 is 2.24 bits per heavy atom. The summed E-state index contributed by atoms with van der Waals surface area (Å²) in [6.45, 7) is 2.51. The van der Waals surface area contributed by atoms with Crippen LogP contribution in [0.5, 0.6) is 5.88 Å². The number of carbonyl (C=O) groups is 2. The number of aromatic hydroxyl groups is 1. The number of benzene rings is 1. The summed E-state index contributed by atoms with van der Waals surface area (Å²) in [4.78, 5) is 34.6. The molecule has 2 rings (SSSR count). The zero-order chi connectivity index (χ0) is 18.9. The van der Waals surface area contributed by atoms with Crippen LogP contribution < -0.4 is 16.0 Å². The average Bonchev–Trinajstić information content (AvgIpc) is 2.45. The van der Waals surface area contributed by atoms with E-state index in [1.807, 2.05) is 0 Å². The van der Waals surface area contributed by atoms with Crippen molar-refractivity contribution in [2.75, 3.05) is 0 Å². The van der Waals surface area contributed by atoms with Gasteiger partial charge in [0.05, 0.1) is 10.6 Å². The molecule has 0 aliphatic carbocycles. The minimum absolute atomic E-state index is 0.117. The predicted molar refractivity (Wildman–Crippen MR) is 88.0 cm³/mol. The van der Waals surface area contributed by atoms with Crippen LogP contribution >= 0.6 is 0 Å². The maximum atomic E-state index is 12.4. The lowest BCUT2D eigenvalue weighted by Crippen LogP contribution is -2.30. The summed E-state index contributed by atoms with van der Waals surface area (Å²) in [5, 5.41) is 10.0. The van der Waals surface area contributed by atoms with Crippen molar-refractivity contribution in [3.63, 3.8) is 0 Å². The van der Waals surface area contributed by atoms with Crippen molar-refractivity contribution < 1.29 is 23.1 Å². The van der Waals surface area contributed by atoms with E-state index in [1.165, 1.54) is 25.1 Å². The first-order chi connectivity index (χ1) is 11.5. The van der Waals surface area contributed by atoms with Crippen molar-refractivity contribution in [1.82, 2.24) is 9.29 Å². The highest BCUT2D eigenvalue weighted by Crippen LogP contribution is 2.19. The molecule has 0 bridgehead atoms. The molecule has 9 nitrogen and oxygen atoms in total. The molecule has 2 aromatic rings. The first-order valence-electron chi connectivity index (χ1n) is 6.94. The van der Waals surface area contributed by atoms with Gasteiger partial charge < -0.3 is 10.8 Å². The van der Waals surface area contributed by atoms with Crippen molar-refractivity contribution in [2.45, 2.75) is 18.7 Å². The van der Waals surface area contributed by atoms with Crippen molar-refractivity contribution in [2.24, 2.45) is 5.73 Å². The molecule has 0 unspecified atom stereocenters. The summed E-state index contributed by atoms with van der Waals surface area (Å²) in [6, 6.07) is 5.99. The number of sulfonamides is 1. The maximum Gasteiger partial charge on any atom is 0.271 e. The second-order valence-electron chi connectivity index (χ2n) is 5.22. The Morgan fingerprint density at radius 1 is 1.20 bits per heavy atom. The number of carbonyl (C=O) groups excluding carboxylic acids is 2. The van der Waals surface area contributed by atoms with E-state index in [2.05, 4.69) is 0 Å². The summed E-state index contributed by atoms with van der Waals surface area (Å²) in [5.74, 6) is -2.13. The SMILES string of the molecule is CC(=O)NS(=O)(=O)c1ccc(-n2c(O)cc(C)c(C(N)=O)c2=O)cc1. The van der Waals surface area contributed by atoms with Gasteiger partial charge in [0, 0.05) is 13.0 Å². The van der Waals surface area contributed by atoms with Crippen LogP contribution in [0.2, 0.25) is 0 Å². The number of rotatable bonds is 4. The number of aromatic nitrogens is 1. The van der Waals surface area contributed by atoms with Gasteiger partial charge in [0.15, 0.2) is 5.88 Å². The largest absolute Gasteiger partial charge is 0.494 e. The number of hydrogen-bond acceptors (Lipinski definition) is 6. The van der Waals surface area contributed by atoms with Crippen LogP contribution in [-0.4, -0.2) is 29.9 Å². The molecule has 4 N–H and O–H groups in total. The molecule has 0 saturated heterocycles. The van der Waals surface area contributed by atoms with Crippen molar-refractivity contribution in [3.8, 4) is 11.6 Å². The smallest absolute Gasteiger partial charge is 0.271 e. The topological polar surface area (TPSA) is 149 Å². The van der Waals surface area contributed by atoms with E-state index in [0.717, 1.165) is 23.6 Å². The van der Waals surface area contributed by atoms with E-state index in [-0.39, 0.29) is 21.7 Å². The Hall–Kier alpha value is -3.14. The quantitative estimate of drug-likeness (QED) is 0.682. The van der Waals surface area contributed by atoms with Gasteiger partial charge in [0.2, 0.25) is 5.91 Å². The Morgan fingerprint density at radius 2 is 1.76 bits per heavy atom. The molecule has 132 valence electrons. The summed E-state index contributed by atoms with van der Waals surface area (Å²) in [6.07, 6.45) is 0. The molecule has 0 aliphatic heterocycles. The summed E-state index contributed by atoms with van der Waals surface area (Å²) < 4.78 is 26.4. The number of nitrogens with zero attached hydrogens (tertiary/aromatic N) is 1. The minimum Gasteiger partial charge on any atom is -0.494 e. The molecule has 25 heavy (non-hydrogen) atoms. The highest BCUT2D eigenvalue weighted by molar-refractivity contribution is 7.90. The Kier molecular flexibility index (Phi) is 4.66. The molecule has 0 aliphatic rings. The maximum absolute atomic E-state index is 12.4. The van der Waals surface area contributed by atoms with Crippen molar-refractivity contribution >= 4 is 21.8 Å². The van der Waals surface area contributed by atoms with E-state index in [9.17, 15) is 27.9 Å². The number of nitrogens with two attached hydrogens (primary N) is 1. The molecule has 1 heterocycles. The number of amides is 2. The first kappa shape index (κ1) is 18.2. The van der Waals surface area contributed by atoms with Gasteiger partial charge in [-0.25, -0.2) is 17.7 Å². The van der Waals surface area contributed by atoms with Gasteiger partial charge in [-0.05, 0) is 36.8 Å². The van der Waals surface area contributed by atoms with Crippen LogP contribution in [-0.2, 0) is 14.8 Å². The van der Waals surface area contributed by atoms with Crippen molar-refractivity contribution in [1.29, 1.82) is 0 Å². The molecule has 0 spiro atoms. The van der Waals surface area contributed by atoms with Gasteiger partial charge >= 0.3 is 0 Å². The normalized spacial score (nSPS) is 11.1. The Labute approximate surface area is 142 Å². The molecule has 0 saturated carbocycles. The number of nitrogens with one attached hydrogen (secondary N) is 1. The Balaban J connectivity index is 2.59. The molecule has 0 radical (unpaired) electrons. The zero-order valence-corrected chi connectivity index (χ0v) is 14.1. The van der Waals surface area contributed by atoms with Crippen molar-refractivity contribution in [3.05, 3.63) is 51.8 Å². The van der Waals surface area contributed by atoms with Gasteiger partial charge in [0.25, 0.3) is 21.5 Å². The van der Waals surface area contributed by atoms with E-state index in [4.69, 9.17) is 5.73 Å². The number of aryl methyl sites for hydroxylation is 1. The van der Waals surface area contributed by atoms with Crippen LogP contribution in [0.4, 0.5) is 0 Å². The van der Waals surface area contributed by atoms with Crippen LogP contribution in [0.1, 0.15) is 22.8 Å². The third kappa shape index (κ3) is 3.53. The summed E-state index contributed by atoms with van der Waals surface area (Å²) >= 11 is 0. The molecule has 1 aromatic heterocycles. The van der Waals surface area contributed by atoms with Gasteiger partial charge in [-0.2, -0.15) is 0 Å². The van der Waals surface area contributed by atoms with E-state index < -0.39 is 33.3 Å². The fourth-order valence-corrected chi connectivity index (χ4v) is 3.28.